The maximum absolute atomic E-state index is 12.0. The lowest BCUT2D eigenvalue weighted by molar-refractivity contribution is -0.145. The zero-order chi connectivity index (χ0) is 20.6. The van der Waals surface area contributed by atoms with Gasteiger partial charge in [0.2, 0.25) is 0 Å². The van der Waals surface area contributed by atoms with E-state index in [0.717, 1.165) is 6.26 Å². The Balaban J connectivity index is 2.59. The summed E-state index contributed by atoms with van der Waals surface area (Å²) in [5, 5.41) is 2.48. The van der Waals surface area contributed by atoms with E-state index in [2.05, 4.69) is 10.1 Å². The standard InChI is InChI=1S/C18H25NO7S/c1-12(2)9-15(18(22)25-3)19-16(20)10-26-17(21)14-7-5-13(6-8-14)11-27(4,23)24/h5-8,12,15H,9-11H2,1-4H3,(H,19,20)/t15-/m1/s1. The number of carbonyl (C=O) groups excluding carboxylic acids is 3. The summed E-state index contributed by atoms with van der Waals surface area (Å²) in [6, 6.07) is 5.06. The summed E-state index contributed by atoms with van der Waals surface area (Å²) in [7, 11) is -1.94. The first kappa shape index (κ1) is 22.6. The lowest BCUT2D eigenvalue weighted by Gasteiger charge is -2.18. The van der Waals surface area contributed by atoms with Crippen LogP contribution >= 0.6 is 0 Å². The van der Waals surface area contributed by atoms with Crippen molar-refractivity contribution in [1.82, 2.24) is 5.32 Å². The van der Waals surface area contributed by atoms with Crippen molar-refractivity contribution in [3.63, 3.8) is 0 Å². The Labute approximate surface area is 159 Å². The molecule has 27 heavy (non-hydrogen) atoms. The number of hydrogen-bond acceptors (Lipinski definition) is 7. The van der Waals surface area contributed by atoms with Crippen molar-refractivity contribution in [3.8, 4) is 0 Å². The number of ether oxygens (including phenoxy) is 2. The molecular weight excluding hydrogens is 374 g/mol. The van der Waals surface area contributed by atoms with Gasteiger partial charge >= 0.3 is 11.9 Å². The Morgan fingerprint density at radius 3 is 2.19 bits per heavy atom. The fourth-order valence-electron chi connectivity index (χ4n) is 2.32. The molecule has 1 rings (SSSR count). The van der Waals surface area contributed by atoms with Gasteiger partial charge < -0.3 is 14.8 Å². The van der Waals surface area contributed by atoms with Gasteiger partial charge in [0, 0.05) is 6.26 Å². The van der Waals surface area contributed by atoms with Gasteiger partial charge in [0.05, 0.1) is 18.4 Å². The Kier molecular flexibility index (Phi) is 8.42. The van der Waals surface area contributed by atoms with Gasteiger partial charge in [0.1, 0.15) is 6.04 Å². The molecule has 1 aromatic rings. The molecule has 1 aromatic carbocycles. The minimum Gasteiger partial charge on any atom is -0.467 e. The Bertz CT molecular complexity index is 769. The van der Waals surface area contributed by atoms with Gasteiger partial charge in [-0.25, -0.2) is 18.0 Å². The van der Waals surface area contributed by atoms with Crippen LogP contribution in [0.5, 0.6) is 0 Å². The second kappa shape index (κ2) is 10.1. The SMILES string of the molecule is COC(=O)[C@@H](CC(C)C)NC(=O)COC(=O)c1ccc(CS(C)(=O)=O)cc1. The van der Waals surface area contributed by atoms with Crippen molar-refractivity contribution < 1.29 is 32.3 Å². The molecule has 0 fully saturated rings. The van der Waals surface area contributed by atoms with Gasteiger partial charge in [-0.15, -0.1) is 0 Å². The number of amides is 1. The highest BCUT2D eigenvalue weighted by Gasteiger charge is 2.23. The van der Waals surface area contributed by atoms with E-state index in [4.69, 9.17) is 4.74 Å². The van der Waals surface area contributed by atoms with Crippen molar-refractivity contribution >= 4 is 27.7 Å². The van der Waals surface area contributed by atoms with E-state index in [9.17, 15) is 22.8 Å². The van der Waals surface area contributed by atoms with Gasteiger partial charge in [0.15, 0.2) is 16.4 Å². The Morgan fingerprint density at radius 2 is 1.70 bits per heavy atom. The van der Waals surface area contributed by atoms with Gasteiger partial charge in [-0.1, -0.05) is 26.0 Å². The van der Waals surface area contributed by atoms with Crippen LogP contribution in [0.4, 0.5) is 0 Å². The maximum Gasteiger partial charge on any atom is 0.338 e. The highest BCUT2D eigenvalue weighted by atomic mass is 32.2. The molecule has 0 aliphatic rings. The normalized spacial score (nSPS) is 12.3. The number of carbonyl (C=O) groups is 3. The lowest BCUT2D eigenvalue weighted by atomic mass is 10.0. The quantitative estimate of drug-likeness (QED) is 0.618. The molecule has 150 valence electrons. The van der Waals surface area contributed by atoms with E-state index in [-0.39, 0.29) is 17.2 Å². The molecule has 0 aromatic heterocycles. The second-order valence-corrected chi connectivity index (χ2v) is 8.76. The molecule has 8 nitrogen and oxygen atoms in total. The molecule has 0 bridgehead atoms. The average Bonchev–Trinajstić information content (AvgIpc) is 2.57. The third-order valence-electron chi connectivity index (χ3n) is 3.48. The molecule has 0 aliphatic heterocycles. The minimum atomic E-state index is -3.17. The van der Waals surface area contributed by atoms with Crippen LogP contribution < -0.4 is 5.32 Å². The van der Waals surface area contributed by atoms with Gasteiger partial charge in [-0.2, -0.15) is 0 Å². The Morgan fingerprint density at radius 1 is 1.11 bits per heavy atom. The third kappa shape index (κ3) is 8.67. The molecule has 0 saturated heterocycles. The molecule has 0 radical (unpaired) electrons. The van der Waals surface area contributed by atoms with E-state index in [1.54, 1.807) is 0 Å². The smallest absolute Gasteiger partial charge is 0.338 e. The van der Waals surface area contributed by atoms with Crippen LogP contribution in [0.1, 0.15) is 36.2 Å². The van der Waals surface area contributed by atoms with Gasteiger partial charge in [-0.05, 0) is 30.0 Å². The Hall–Kier alpha value is -2.42. The van der Waals surface area contributed by atoms with Crippen LogP contribution in [0.25, 0.3) is 0 Å². The highest BCUT2D eigenvalue weighted by Crippen LogP contribution is 2.09. The highest BCUT2D eigenvalue weighted by molar-refractivity contribution is 7.89. The van der Waals surface area contributed by atoms with E-state index >= 15 is 0 Å². The minimum absolute atomic E-state index is 0.129. The first-order valence-corrected chi connectivity index (χ1v) is 10.4. The second-order valence-electron chi connectivity index (χ2n) is 6.62. The number of benzene rings is 1. The van der Waals surface area contributed by atoms with E-state index in [0.29, 0.717) is 12.0 Å². The molecule has 1 N–H and O–H groups in total. The number of nitrogens with one attached hydrogen (secondary N) is 1. The zero-order valence-electron chi connectivity index (χ0n) is 15.9. The van der Waals surface area contributed by atoms with Crippen LogP contribution in [0.3, 0.4) is 0 Å². The van der Waals surface area contributed by atoms with Crippen LogP contribution in [0.15, 0.2) is 24.3 Å². The summed E-state index contributed by atoms with van der Waals surface area (Å²) >= 11 is 0. The van der Waals surface area contributed by atoms with Crippen LogP contribution in [0.2, 0.25) is 0 Å². The molecule has 0 spiro atoms. The molecule has 1 amide bonds. The monoisotopic (exact) mass is 399 g/mol. The van der Waals surface area contributed by atoms with Crippen molar-refractivity contribution in [1.29, 1.82) is 0 Å². The van der Waals surface area contributed by atoms with E-state index in [1.807, 2.05) is 13.8 Å². The molecular formula is C18H25NO7S. The zero-order valence-corrected chi connectivity index (χ0v) is 16.7. The van der Waals surface area contributed by atoms with E-state index in [1.165, 1.54) is 31.4 Å². The predicted molar refractivity (Wildman–Crippen MR) is 98.7 cm³/mol. The molecule has 1 atom stereocenters. The van der Waals surface area contributed by atoms with Crippen molar-refractivity contribution in [2.24, 2.45) is 5.92 Å². The van der Waals surface area contributed by atoms with Crippen LogP contribution in [-0.4, -0.2) is 52.3 Å². The molecule has 9 heteroatoms. The lowest BCUT2D eigenvalue weighted by Crippen LogP contribution is -2.44. The number of esters is 2. The van der Waals surface area contributed by atoms with Crippen molar-refractivity contribution in [3.05, 3.63) is 35.4 Å². The van der Waals surface area contributed by atoms with Gasteiger partial charge in [-0.3, -0.25) is 4.79 Å². The van der Waals surface area contributed by atoms with Crippen LogP contribution in [0, 0.1) is 5.92 Å². The third-order valence-corrected chi connectivity index (χ3v) is 4.34. The van der Waals surface area contributed by atoms with Crippen molar-refractivity contribution in [2.45, 2.75) is 32.1 Å². The largest absolute Gasteiger partial charge is 0.467 e. The first-order valence-electron chi connectivity index (χ1n) is 8.32. The number of sulfone groups is 1. The van der Waals surface area contributed by atoms with Crippen LogP contribution in [-0.2, 0) is 34.7 Å². The fourth-order valence-corrected chi connectivity index (χ4v) is 3.12. The molecule has 0 unspecified atom stereocenters. The fraction of sp³-hybridized carbons (Fsp3) is 0.500. The summed E-state index contributed by atoms with van der Waals surface area (Å²) in [6.07, 6.45) is 1.52. The predicted octanol–water partition coefficient (Wildman–Crippen LogP) is 1.09. The average molecular weight is 399 g/mol. The number of methoxy groups -OCH3 is 1. The number of hydrogen-bond donors (Lipinski definition) is 1. The topological polar surface area (TPSA) is 116 Å². The van der Waals surface area contributed by atoms with Gasteiger partial charge in [0.25, 0.3) is 5.91 Å². The molecule has 0 heterocycles. The summed E-state index contributed by atoms with van der Waals surface area (Å²) < 4.78 is 32.1. The summed E-state index contributed by atoms with van der Waals surface area (Å²) in [6.45, 7) is 3.25. The summed E-state index contributed by atoms with van der Waals surface area (Å²) in [4.78, 5) is 35.6. The van der Waals surface area contributed by atoms with E-state index < -0.39 is 40.3 Å². The maximum atomic E-state index is 12.0. The number of rotatable bonds is 9. The molecule has 0 saturated carbocycles. The first-order chi connectivity index (χ1) is 12.5. The summed E-state index contributed by atoms with van der Waals surface area (Å²) in [5.41, 5.74) is 0.730. The summed E-state index contributed by atoms with van der Waals surface area (Å²) in [5.74, 6) is -1.88. The molecule has 0 aliphatic carbocycles. The van der Waals surface area contributed by atoms with Crippen molar-refractivity contribution in [2.75, 3.05) is 20.0 Å².